The molecule has 3 aliphatic carbocycles. The maximum absolute atomic E-state index is 12.7. The molecule has 1 amide bonds. The molecule has 3 saturated carbocycles. The molecule has 2 bridgehead atoms. The highest BCUT2D eigenvalue weighted by molar-refractivity contribution is 8.01. The molecule has 0 N–H and O–H groups in total. The van der Waals surface area contributed by atoms with Crippen LogP contribution in [0.1, 0.15) is 53.4 Å². The highest BCUT2D eigenvalue weighted by atomic mass is 32.2. The van der Waals surface area contributed by atoms with E-state index in [2.05, 4.69) is 27.7 Å². The molecule has 2 aliphatic heterocycles. The Kier molecular flexibility index (Phi) is 3.37. The summed E-state index contributed by atoms with van der Waals surface area (Å²) in [5.74, 6) is 2.38. The molecule has 0 unspecified atom stereocenters. The summed E-state index contributed by atoms with van der Waals surface area (Å²) >= 11 is 1.73. The number of fused-ring (bicyclic) bond motifs is 3. The molecule has 23 heavy (non-hydrogen) atoms. The lowest BCUT2D eigenvalue weighted by molar-refractivity contribution is -0.190. The predicted molar refractivity (Wildman–Crippen MR) is 89.8 cm³/mol. The Morgan fingerprint density at radius 1 is 1.30 bits per heavy atom. The molecule has 128 valence electrons. The maximum atomic E-state index is 12.7. The van der Waals surface area contributed by atoms with Gasteiger partial charge in [0.2, 0.25) is 5.91 Å². The first-order valence-corrected chi connectivity index (χ1v) is 9.89. The number of carbonyl (C=O) groups is 2. The highest BCUT2D eigenvalue weighted by Crippen LogP contribution is 2.61. The van der Waals surface area contributed by atoms with Crippen molar-refractivity contribution < 1.29 is 14.3 Å². The van der Waals surface area contributed by atoms with Crippen LogP contribution in [0, 0.1) is 23.2 Å². The number of hydrogen-bond acceptors (Lipinski definition) is 4. The molecule has 0 radical (unpaired) electrons. The smallest absolute Gasteiger partial charge is 0.330 e. The first-order chi connectivity index (χ1) is 10.7. The quantitative estimate of drug-likeness (QED) is 0.727. The van der Waals surface area contributed by atoms with E-state index in [1.165, 1.54) is 6.42 Å². The first kappa shape index (κ1) is 15.8. The van der Waals surface area contributed by atoms with E-state index < -0.39 is 0 Å². The van der Waals surface area contributed by atoms with Crippen molar-refractivity contribution in [2.24, 2.45) is 23.2 Å². The third-order valence-electron chi connectivity index (χ3n) is 7.27. The van der Waals surface area contributed by atoms with Crippen LogP contribution in [0.5, 0.6) is 0 Å². The molecule has 0 aromatic rings. The number of esters is 1. The Balaban J connectivity index is 1.44. The number of ether oxygens (including phenoxy) is 1. The fraction of sp³-hybridized carbons (Fsp3) is 0.889. The largest absolute Gasteiger partial charge is 0.461 e. The lowest BCUT2D eigenvalue weighted by Crippen LogP contribution is -2.58. The van der Waals surface area contributed by atoms with Crippen molar-refractivity contribution in [2.75, 3.05) is 5.75 Å². The number of hydrogen-bond donors (Lipinski definition) is 0. The number of rotatable bonds is 2. The monoisotopic (exact) mass is 337 g/mol. The standard InChI is InChI=1S/C18H27NO3S/c1-10-12-7-11(17(12,2)3)8-14(10)22-16(21)13-9-23-18(4)6-5-15(20)19(13)18/h10-14H,5-9H2,1-4H3/t10-,11+,12+,13-,14+,18+/m0/s1. The van der Waals surface area contributed by atoms with Gasteiger partial charge in [-0.05, 0) is 49.4 Å². The second-order valence-electron chi connectivity index (χ2n) is 8.70. The molecule has 0 aromatic heterocycles. The number of carbonyl (C=O) groups excluding carboxylic acids is 2. The fourth-order valence-corrected chi connectivity index (χ4v) is 6.90. The van der Waals surface area contributed by atoms with E-state index in [4.69, 9.17) is 4.74 Å². The van der Waals surface area contributed by atoms with Crippen LogP contribution in [0.3, 0.4) is 0 Å². The summed E-state index contributed by atoms with van der Waals surface area (Å²) in [6, 6.07) is -0.376. The zero-order valence-corrected chi connectivity index (χ0v) is 15.3. The Labute approximate surface area is 142 Å². The molecule has 6 atom stereocenters. The number of thioether (sulfide) groups is 1. The number of nitrogens with zero attached hydrogens (tertiary/aromatic N) is 1. The minimum Gasteiger partial charge on any atom is -0.461 e. The van der Waals surface area contributed by atoms with Gasteiger partial charge in [-0.15, -0.1) is 11.8 Å². The van der Waals surface area contributed by atoms with Crippen LogP contribution in [0.15, 0.2) is 0 Å². The molecule has 5 heteroatoms. The van der Waals surface area contributed by atoms with Gasteiger partial charge in [0, 0.05) is 12.2 Å². The van der Waals surface area contributed by atoms with Gasteiger partial charge < -0.3 is 9.64 Å². The molecular formula is C18H27NO3S. The number of amides is 1. The van der Waals surface area contributed by atoms with E-state index in [1.807, 2.05) is 0 Å². The predicted octanol–water partition coefficient (Wildman–Crippen LogP) is 3.05. The van der Waals surface area contributed by atoms with Gasteiger partial charge in [-0.1, -0.05) is 20.8 Å². The van der Waals surface area contributed by atoms with E-state index in [-0.39, 0.29) is 28.9 Å². The first-order valence-electron chi connectivity index (χ1n) is 8.90. The topological polar surface area (TPSA) is 46.6 Å². The van der Waals surface area contributed by atoms with Crippen LogP contribution in [-0.4, -0.2) is 39.5 Å². The maximum Gasteiger partial charge on any atom is 0.330 e. The summed E-state index contributed by atoms with van der Waals surface area (Å²) < 4.78 is 5.94. The van der Waals surface area contributed by atoms with Crippen molar-refractivity contribution in [3.63, 3.8) is 0 Å². The van der Waals surface area contributed by atoms with E-state index in [0.717, 1.165) is 12.8 Å². The normalized spacial score (nSPS) is 47.2. The molecule has 5 aliphatic rings. The zero-order chi connectivity index (χ0) is 16.6. The van der Waals surface area contributed by atoms with Gasteiger partial charge in [0.1, 0.15) is 12.1 Å². The van der Waals surface area contributed by atoms with Crippen molar-refractivity contribution in [3.05, 3.63) is 0 Å². The Bertz CT molecular complexity index is 562. The lowest BCUT2D eigenvalue weighted by atomic mass is 9.45. The van der Waals surface area contributed by atoms with Gasteiger partial charge in [0.25, 0.3) is 0 Å². The van der Waals surface area contributed by atoms with Crippen LogP contribution >= 0.6 is 11.8 Å². The SMILES string of the molecule is C[C@H]1[C@H]2C[C@H](C[C@H]1OC(=O)[C@@H]1CS[C@]3(C)CCC(=O)N13)C2(C)C. The van der Waals surface area contributed by atoms with Gasteiger partial charge in [-0.3, -0.25) is 4.79 Å². The van der Waals surface area contributed by atoms with Crippen LogP contribution in [0.2, 0.25) is 0 Å². The molecule has 0 aromatic carbocycles. The van der Waals surface area contributed by atoms with Crippen LogP contribution < -0.4 is 0 Å². The second-order valence-corrected chi connectivity index (χ2v) is 10.2. The third-order valence-corrected chi connectivity index (χ3v) is 8.77. The molecule has 5 rings (SSSR count). The van der Waals surface area contributed by atoms with Crippen LogP contribution in [0.25, 0.3) is 0 Å². The van der Waals surface area contributed by atoms with Gasteiger partial charge in [0.05, 0.1) is 4.87 Å². The minimum atomic E-state index is -0.376. The Hall–Kier alpha value is -0.710. The van der Waals surface area contributed by atoms with E-state index in [0.29, 0.717) is 35.3 Å². The molecule has 0 spiro atoms. The van der Waals surface area contributed by atoms with Crippen LogP contribution in [0.4, 0.5) is 0 Å². The van der Waals surface area contributed by atoms with Gasteiger partial charge in [-0.25, -0.2) is 4.79 Å². The average Bonchev–Trinajstić information content (AvgIpc) is 2.97. The van der Waals surface area contributed by atoms with E-state index in [9.17, 15) is 9.59 Å². The lowest BCUT2D eigenvalue weighted by Gasteiger charge is -2.61. The van der Waals surface area contributed by atoms with E-state index >= 15 is 0 Å². The second kappa shape index (κ2) is 4.90. The molecule has 4 nitrogen and oxygen atoms in total. The molecule has 2 heterocycles. The van der Waals surface area contributed by atoms with Gasteiger partial charge in [0.15, 0.2) is 0 Å². The van der Waals surface area contributed by atoms with Gasteiger partial charge >= 0.3 is 5.97 Å². The third kappa shape index (κ3) is 2.11. The zero-order valence-electron chi connectivity index (χ0n) is 14.5. The van der Waals surface area contributed by atoms with Crippen molar-refractivity contribution in [2.45, 2.75) is 70.4 Å². The van der Waals surface area contributed by atoms with Gasteiger partial charge in [-0.2, -0.15) is 0 Å². The van der Waals surface area contributed by atoms with Crippen molar-refractivity contribution in [1.29, 1.82) is 0 Å². The Morgan fingerprint density at radius 3 is 2.70 bits per heavy atom. The average molecular weight is 337 g/mol. The molecule has 5 fully saturated rings. The summed E-state index contributed by atoms with van der Waals surface area (Å²) in [7, 11) is 0. The van der Waals surface area contributed by atoms with Crippen molar-refractivity contribution in [1.82, 2.24) is 4.90 Å². The summed E-state index contributed by atoms with van der Waals surface area (Å²) in [6.07, 6.45) is 3.71. The van der Waals surface area contributed by atoms with E-state index in [1.54, 1.807) is 16.7 Å². The summed E-state index contributed by atoms with van der Waals surface area (Å²) in [6.45, 7) is 9.01. The summed E-state index contributed by atoms with van der Waals surface area (Å²) in [5.41, 5.74) is 0.398. The minimum absolute atomic E-state index is 0.0360. The molecule has 2 saturated heterocycles. The highest BCUT2D eigenvalue weighted by Gasteiger charge is 2.58. The van der Waals surface area contributed by atoms with Crippen molar-refractivity contribution >= 4 is 23.6 Å². The summed E-state index contributed by atoms with van der Waals surface area (Å²) in [4.78, 5) is 26.5. The van der Waals surface area contributed by atoms with Crippen molar-refractivity contribution in [3.8, 4) is 0 Å². The summed E-state index contributed by atoms with van der Waals surface area (Å²) in [5, 5.41) is 0. The fourth-order valence-electron chi connectivity index (χ4n) is 5.48. The Morgan fingerprint density at radius 2 is 2.04 bits per heavy atom. The molecular weight excluding hydrogens is 310 g/mol. The van der Waals surface area contributed by atoms with Crippen LogP contribution in [-0.2, 0) is 14.3 Å².